The molecule has 1 aromatic rings. The van der Waals surface area contributed by atoms with E-state index in [1.165, 1.54) is 6.42 Å². The number of rotatable bonds is 1. The number of piperidine rings is 1. The second-order valence-electron chi connectivity index (χ2n) is 6.58. The first-order chi connectivity index (χ1) is 12.1. The number of methoxy groups -OCH3 is 1. The molecule has 0 aliphatic carbocycles. The lowest BCUT2D eigenvalue weighted by Crippen LogP contribution is -2.39. The Kier molecular flexibility index (Phi) is 11.9. The van der Waals surface area contributed by atoms with Crippen LogP contribution in [0, 0.1) is 6.92 Å². The molecule has 2 heterocycles. The fourth-order valence-corrected chi connectivity index (χ4v) is 2.62. The number of hydrogen-bond donors (Lipinski definition) is 0. The van der Waals surface area contributed by atoms with Gasteiger partial charge in [0, 0.05) is 13.1 Å². The number of ether oxygens (including phenoxy) is 2. The van der Waals surface area contributed by atoms with Crippen LogP contribution in [0.5, 0.6) is 5.75 Å². The highest BCUT2D eigenvalue weighted by molar-refractivity contribution is 9.10. The average Bonchev–Trinajstić information content (AvgIpc) is 2.60. The van der Waals surface area contributed by atoms with Crippen LogP contribution in [0.3, 0.4) is 0 Å². The number of carbonyl (C=O) groups excluding carboxylic acids is 1. The van der Waals surface area contributed by atoms with Gasteiger partial charge in [0.2, 0.25) is 0 Å². The van der Waals surface area contributed by atoms with Crippen LogP contribution >= 0.6 is 27.5 Å². The number of amides is 1. The van der Waals surface area contributed by atoms with Gasteiger partial charge in [0.05, 0.1) is 17.3 Å². The number of aryl methyl sites for hydroxylation is 1. The van der Waals surface area contributed by atoms with Gasteiger partial charge in [-0.2, -0.15) is 0 Å². The van der Waals surface area contributed by atoms with Crippen LogP contribution in [0.2, 0.25) is 5.15 Å². The molecule has 1 fully saturated rings. The molecule has 0 radical (unpaired) electrons. The normalized spacial score (nSPS) is 13.7. The van der Waals surface area contributed by atoms with Crippen LogP contribution in [-0.4, -0.2) is 41.8 Å². The predicted octanol–water partition coefficient (Wildman–Crippen LogP) is 6.25. The third-order valence-corrected chi connectivity index (χ3v) is 4.43. The van der Waals surface area contributed by atoms with Crippen molar-refractivity contribution in [3.63, 3.8) is 0 Å². The van der Waals surface area contributed by atoms with Gasteiger partial charge in [-0.25, -0.2) is 9.78 Å². The fourth-order valence-electron chi connectivity index (χ4n) is 2.14. The Morgan fingerprint density at radius 1 is 1.23 bits per heavy atom. The molecule has 1 amide bonds. The molecule has 5 nitrogen and oxygen atoms in total. The van der Waals surface area contributed by atoms with Gasteiger partial charge in [-0.3, -0.25) is 0 Å². The molecule has 150 valence electrons. The molecular formula is C19H32BrClN2O3. The third-order valence-electron chi connectivity index (χ3n) is 3.31. The molecule has 0 spiro atoms. The van der Waals surface area contributed by atoms with Crippen molar-refractivity contribution < 1.29 is 14.3 Å². The van der Waals surface area contributed by atoms with E-state index in [1.54, 1.807) is 18.1 Å². The molecule has 0 unspecified atom stereocenters. The van der Waals surface area contributed by atoms with E-state index in [1.807, 2.05) is 41.5 Å². The largest absolute Gasteiger partial charge is 0.495 e. The van der Waals surface area contributed by atoms with Gasteiger partial charge in [0.1, 0.15) is 16.5 Å². The molecule has 0 aromatic carbocycles. The first-order valence-electron chi connectivity index (χ1n) is 8.98. The zero-order valence-corrected chi connectivity index (χ0v) is 19.3. The van der Waals surface area contributed by atoms with Crippen LogP contribution in [-0.2, 0) is 4.74 Å². The van der Waals surface area contributed by atoms with Gasteiger partial charge in [-0.05, 0) is 69.0 Å². The summed E-state index contributed by atoms with van der Waals surface area (Å²) in [6.07, 6.45) is 3.30. The molecule has 1 saturated heterocycles. The highest BCUT2D eigenvalue weighted by atomic mass is 79.9. The summed E-state index contributed by atoms with van der Waals surface area (Å²) in [4.78, 5) is 17.4. The minimum Gasteiger partial charge on any atom is -0.495 e. The summed E-state index contributed by atoms with van der Waals surface area (Å²) < 4.78 is 11.0. The lowest BCUT2D eigenvalue weighted by molar-refractivity contribution is 0.0216. The Balaban J connectivity index is 0.000000444. The highest BCUT2D eigenvalue weighted by Crippen LogP contribution is 2.26. The number of nitrogens with zero attached hydrogens (tertiary/aromatic N) is 2. The molecule has 0 atom stereocenters. The number of hydrogen-bond acceptors (Lipinski definition) is 4. The fraction of sp³-hybridized carbons (Fsp3) is 0.684. The lowest BCUT2D eigenvalue weighted by atomic mass is 10.1. The Morgan fingerprint density at radius 2 is 1.77 bits per heavy atom. The van der Waals surface area contributed by atoms with Gasteiger partial charge in [0.15, 0.2) is 0 Å². The van der Waals surface area contributed by atoms with Crippen molar-refractivity contribution in [1.82, 2.24) is 9.88 Å². The quantitative estimate of drug-likeness (QED) is 0.474. The van der Waals surface area contributed by atoms with Crippen LogP contribution in [0.25, 0.3) is 0 Å². The molecule has 0 N–H and O–H groups in total. The van der Waals surface area contributed by atoms with Crippen molar-refractivity contribution in [3.8, 4) is 5.75 Å². The van der Waals surface area contributed by atoms with E-state index in [2.05, 4.69) is 20.9 Å². The minimum absolute atomic E-state index is 0.160. The van der Waals surface area contributed by atoms with Crippen molar-refractivity contribution in [1.29, 1.82) is 0 Å². The Labute approximate surface area is 171 Å². The van der Waals surface area contributed by atoms with Gasteiger partial charge in [-0.1, -0.05) is 25.4 Å². The van der Waals surface area contributed by atoms with Gasteiger partial charge in [-0.15, -0.1) is 0 Å². The maximum atomic E-state index is 11.5. The lowest BCUT2D eigenvalue weighted by Gasteiger charge is -2.29. The van der Waals surface area contributed by atoms with Gasteiger partial charge in [0.25, 0.3) is 0 Å². The summed E-state index contributed by atoms with van der Waals surface area (Å²) in [5, 5.41) is 0.461. The molecule has 26 heavy (non-hydrogen) atoms. The van der Waals surface area contributed by atoms with Crippen molar-refractivity contribution in [3.05, 3.63) is 21.4 Å². The summed E-state index contributed by atoms with van der Waals surface area (Å²) in [6.45, 7) is 13.2. The zero-order chi connectivity index (χ0) is 20.3. The summed E-state index contributed by atoms with van der Waals surface area (Å²) in [7, 11) is 1.60. The summed E-state index contributed by atoms with van der Waals surface area (Å²) >= 11 is 8.98. The van der Waals surface area contributed by atoms with Crippen molar-refractivity contribution in [2.75, 3.05) is 20.2 Å². The second kappa shape index (κ2) is 12.4. The molecule has 1 aliphatic heterocycles. The SMILES string of the molecule is CC.CC(C)(C)OC(=O)N1CCCCC1.COc1cc(Br)c(Cl)nc1C. The molecule has 0 bridgehead atoms. The number of aromatic nitrogens is 1. The molecule has 1 aromatic heterocycles. The first-order valence-corrected chi connectivity index (χ1v) is 10.2. The van der Waals surface area contributed by atoms with E-state index < -0.39 is 0 Å². The second-order valence-corrected chi connectivity index (χ2v) is 7.79. The van der Waals surface area contributed by atoms with Crippen LogP contribution in [0.4, 0.5) is 4.79 Å². The Morgan fingerprint density at radius 3 is 2.23 bits per heavy atom. The predicted molar refractivity (Wildman–Crippen MR) is 111 cm³/mol. The topological polar surface area (TPSA) is 51.7 Å². The Bertz CT molecular complexity index is 556. The van der Waals surface area contributed by atoms with E-state index in [-0.39, 0.29) is 11.7 Å². The monoisotopic (exact) mass is 450 g/mol. The maximum absolute atomic E-state index is 11.5. The van der Waals surface area contributed by atoms with E-state index in [4.69, 9.17) is 21.1 Å². The third kappa shape index (κ3) is 9.62. The molecule has 2 rings (SSSR count). The van der Waals surface area contributed by atoms with Crippen molar-refractivity contribution in [2.45, 2.75) is 66.4 Å². The summed E-state index contributed by atoms with van der Waals surface area (Å²) in [5.41, 5.74) is 0.426. The van der Waals surface area contributed by atoms with Crippen LogP contribution < -0.4 is 4.74 Å². The highest BCUT2D eigenvalue weighted by Gasteiger charge is 2.22. The van der Waals surface area contributed by atoms with E-state index in [0.29, 0.717) is 5.15 Å². The maximum Gasteiger partial charge on any atom is 0.410 e. The van der Waals surface area contributed by atoms with E-state index in [9.17, 15) is 4.79 Å². The Hall–Kier alpha value is -1.01. The van der Waals surface area contributed by atoms with Crippen LogP contribution in [0.15, 0.2) is 10.5 Å². The molecule has 1 aliphatic rings. The molecule has 0 saturated carbocycles. The van der Waals surface area contributed by atoms with Crippen molar-refractivity contribution in [2.24, 2.45) is 0 Å². The standard InChI is InChI=1S/C10H19NO2.C7H7BrClNO.C2H6/c1-10(2,3)13-9(12)11-7-5-4-6-8-11;1-4-6(11-2)3-5(8)7(9)10-4;1-2/h4-8H2,1-3H3;3H,1-2H3;1-2H3. The summed E-state index contributed by atoms with van der Waals surface area (Å²) in [6, 6.07) is 1.80. The minimum atomic E-state index is -0.367. The number of pyridine rings is 1. The number of likely N-dealkylation sites (tertiary alicyclic amines) is 1. The van der Waals surface area contributed by atoms with E-state index in [0.717, 1.165) is 41.8 Å². The number of halogens is 2. The zero-order valence-electron chi connectivity index (χ0n) is 17.0. The first kappa shape index (κ1) is 25.0. The average molecular weight is 452 g/mol. The van der Waals surface area contributed by atoms with Crippen molar-refractivity contribution >= 4 is 33.6 Å². The summed E-state index contributed by atoms with van der Waals surface area (Å²) in [5.74, 6) is 0.737. The molecule has 7 heteroatoms. The van der Waals surface area contributed by atoms with Crippen LogP contribution in [0.1, 0.15) is 59.6 Å². The van der Waals surface area contributed by atoms with E-state index >= 15 is 0 Å². The van der Waals surface area contributed by atoms with Gasteiger partial charge < -0.3 is 14.4 Å². The molecular weight excluding hydrogens is 420 g/mol. The smallest absolute Gasteiger partial charge is 0.410 e. The van der Waals surface area contributed by atoms with Gasteiger partial charge >= 0.3 is 6.09 Å². The number of carbonyl (C=O) groups is 1.